The Bertz CT molecular complexity index is 78.1. The van der Waals surface area contributed by atoms with E-state index in [0.717, 1.165) is 5.92 Å². The van der Waals surface area contributed by atoms with E-state index in [1.807, 2.05) is 0 Å². The summed E-state index contributed by atoms with van der Waals surface area (Å²) in [6, 6.07) is 0.600. The number of nitrogens with one attached hydrogen (secondary N) is 1. The predicted molar refractivity (Wildman–Crippen MR) is 50.6 cm³/mol. The number of nitrogens with two attached hydrogens (primary N) is 1. The highest BCUT2D eigenvalue weighted by Crippen LogP contribution is 2.25. The molecule has 0 aromatic rings. The maximum atomic E-state index is 5.34. The minimum atomic E-state index is 0. The summed E-state index contributed by atoms with van der Waals surface area (Å²) in [5, 5.41) is 0. The number of hydrazine groups is 1. The Labute approximate surface area is 75.3 Å². The zero-order valence-electron chi connectivity index (χ0n) is 7.18. The summed E-state index contributed by atoms with van der Waals surface area (Å²) in [6.07, 6.45) is 6.62. The highest BCUT2D eigenvalue weighted by molar-refractivity contribution is 5.85. The smallest absolute Gasteiger partial charge is 0.0210 e. The van der Waals surface area contributed by atoms with Crippen molar-refractivity contribution in [2.45, 2.75) is 45.1 Å². The highest BCUT2D eigenvalue weighted by Gasteiger charge is 2.17. The van der Waals surface area contributed by atoms with E-state index in [1.165, 1.54) is 32.1 Å². The third kappa shape index (κ3) is 3.41. The maximum Gasteiger partial charge on any atom is 0.0210 e. The molecule has 1 fully saturated rings. The molecule has 0 radical (unpaired) electrons. The normalized spacial score (nSPS) is 31.1. The van der Waals surface area contributed by atoms with Crippen LogP contribution in [0.5, 0.6) is 0 Å². The maximum absolute atomic E-state index is 5.34. The van der Waals surface area contributed by atoms with Crippen molar-refractivity contribution in [2.75, 3.05) is 0 Å². The molecule has 0 aromatic heterocycles. The minimum Gasteiger partial charge on any atom is -0.271 e. The summed E-state index contributed by atoms with van der Waals surface area (Å²) < 4.78 is 0. The van der Waals surface area contributed by atoms with Crippen molar-refractivity contribution in [1.29, 1.82) is 0 Å². The average Bonchev–Trinajstić information content (AvgIpc) is 2.05. The molecule has 0 unspecified atom stereocenters. The fourth-order valence-electron chi connectivity index (χ4n) is 1.74. The molecule has 68 valence electrons. The molecule has 1 aliphatic carbocycles. The van der Waals surface area contributed by atoms with Crippen molar-refractivity contribution >= 4 is 12.4 Å². The van der Waals surface area contributed by atoms with Crippen LogP contribution in [-0.2, 0) is 0 Å². The van der Waals surface area contributed by atoms with E-state index in [1.54, 1.807) is 0 Å². The van der Waals surface area contributed by atoms with Crippen molar-refractivity contribution in [1.82, 2.24) is 5.43 Å². The molecule has 0 aliphatic heterocycles. The second kappa shape index (κ2) is 5.81. The van der Waals surface area contributed by atoms with E-state index in [0.29, 0.717) is 6.04 Å². The Morgan fingerprint density at radius 2 is 1.82 bits per heavy atom. The van der Waals surface area contributed by atoms with Gasteiger partial charge in [-0.3, -0.25) is 11.3 Å². The van der Waals surface area contributed by atoms with Gasteiger partial charge in [-0.25, -0.2) is 0 Å². The molecule has 0 saturated heterocycles. The van der Waals surface area contributed by atoms with Crippen LogP contribution in [0, 0.1) is 5.92 Å². The quantitative estimate of drug-likeness (QED) is 0.500. The molecule has 3 N–H and O–H groups in total. The van der Waals surface area contributed by atoms with Gasteiger partial charge in [-0.15, -0.1) is 12.4 Å². The van der Waals surface area contributed by atoms with E-state index in [2.05, 4.69) is 12.3 Å². The fourth-order valence-corrected chi connectivity index (χ4v) is 1.74. The molecule has 1 rings (SSSR count). The molecule has 1 saturated carbocycles. The van der Waals surface area contributed by atoms with Crippen molar-refractivity contribution in [2.24, 2.45) is 11.8 Å². The largest absolute Gasteiger partial charge is 0.271 e. The van der Waals surface area contributed by atoms with Crippen LogP contribution in [-0.4, -0.2) is 6.04 Å². The molecule has 1 aliphatic rings. The van der Waals surface area contributed by atoms with E-state index in [-0.39, 0.29) is 12.4 Å². The van der Waals surface area contributed by atoms with Gasteiger partial charge < -0.3 is 0 Å². The first-order valence-corrected chi connectivity index (χ1v) is 4.33. The van der Waals surface area contributed by atoms with Gasteiger partial charge in [0.15, 0.2) is 0 Å². The van der Waals surface area contributed by atoms with Crippen molar-refractivity contribution in [3.05, 3.63) is 0 Å². The summed E-state index contributed by atoms with van der Waals surface area (Å²) in [5.41, 5.74) is 2.85. The van der Waals surface area contributed by atoms with Crippen LogP contribution in [0.1, 0.15) is 39.0 Å². The van der Waals surface area contributed by atoms with Gasteiger partial charge in [-0.2, -0.15) is 0 Å². The first kappa shape index (κ1) is 11.2. The van der Waals surface area contributed by atoms with Gasteiger partial charge in [-0.1, -0.05) is 13.3 Å². The van der Waals surface area contributed by atoms with Gasteiger partial charge in [-0.05, 0) is 31.6 Å². The second-order valence-electron chi connectivity index (χ2n) is 3.29. The van der Waals surface area contributed by atoms with Gasteiger partial charge in [0, 0.05) is 6.04 Å². The predicted octanol–water partition coefficient (Wildman–Crippen LogP) is 1.84. The Morgan fingerprint density at radius 3 is 2.18 bits per heavy atom. The van der Waals surface area contributed by atoms with E-state index >= 15 is 0 Å². The standard InChI is InChI=1S/C8H18N2.ClH/c1-2-7-3-5-8(10-9)6-4-7;/h7-8,10H,2-6,9H2,1H3;1H. The van der Waals surface area contributed by atoms with Crippen molar-refractivity contribution < 1.29 is 0 Å². The van der Waals surface area contributed by atoms with Crippen LogP contribution >= 0.6 is 12.4 Å². The highest BCUT2D eigenvalue weighted by atomic mass is 35.5. The zero-order valence-corrected chi connectivity index (χ0v) is 7.99. The summed E-state index contributed by atoms with van der Waals surface area (Å²) in [5.74, 6) is 6.32. The molecular weight excluding hydrogens is 160 g/mol. The fraction of sp³-hybridized carbons (Fsp3) is 1.00. The minimum absolute atomic E-state index is 0. The Hall–Kier alpha value is 0.210. The Kier molecular flexibility index (Phi) is 5.92. The van der Waals surface area contributed by atoms with E-state index in [9.17, 15) is 0 Å². The second-order valence-corrected chi connectivity index (χ2v) is 3.29. The van der Waals surface area contributed by atoms with Gasteiger partial charge in [0.25, 0.3) is 0 Å². The lowest BCUT2D eigenvalue weighted by atomic mass is 9.85. The van der Waals surface area contributed by atoms with Crippen LogP contribution in [0.15, 0.2) is 0 Å². The van der Waals surface area contributed by atoms with Gasteiger partial charge in [0.05, 0.1) is 0 Å². The summed E-state index contributed by atoms with van der Waals surface area (Å²) in [6.45, 7) is 2.28. The molecular formula is C8H19ClN2. The Balaban J connectivity index is 0.000001000. The molecule has 0 atom stereocenters. The lowest BCUT2D eigenvalue weighted by Gasteiger charge is -2.26. The molecule has 2 nitrogen and oxygen atoms in total. The molecule has 0 spiro atoms. The molecule has 0 bridgehead atoms. The number of hydrogen-bond donors (Lipinski definition) is 2. The lowest BCUT2D eigenvalue weighted by molar-refractivity contribution is 0.288. The number of rotatable bonds is 2. The molecule has 0 amide bonds. The number of halogens is 1. The summed E-state index contributed by atoms with van der Waals surface area (Å²) in [4.78, 5) is 0. The number of hydrogen-bond acceptors (Lipinski definition) is 2. The van der Waals surface area contributed by atoms with Crippen molar-refractivity contribution in [3.8, 4) is 0 Å². The average molecular weight is 179 g/mol. The van der Waals surface area contributed by atoms with Crippen LogP contribution in [0.25, 0.3) is 0 Å². The van der Waals surface area contributed by atoms with Gasteiger partial charge >= 0.3 is 0 Å². The summed E-state index contributed by atoms with van der Waals surface area (Å²) in [7, 11) is 0. The van der Waals surface area contributed by atoms with Crippen LogP contribution in [0.2, 0.25) is 0 Å². The van der Waals surface area contributed by atoms with E-state index < -0.39 is 0 Å². The molecule has 0 heterocycles. The third-order valence-electron chi connectivity index (χ3n) is 2.66. The Morgan fingerprint density at radius 1 is 1.27 bits per heavy atom. The lowest BCUT2D eigenvalue weighted by Crippen LogP contribution is -2.37. The zero-order chi connectivity index (χ0) is 7.40. The van der Waals surface area contributed by atoms with Crippen molar-refractivity contribution in [3.63, 3.8) is 0 Å². The molecule has 11 heavy (non-hydrogen) atoms. The van der Waals surface area contributed by atoms with E-state index in [4.69, 9.17) is 5.84 Å². The SMILES string of the molecule is CCC1CCC(NN)CC1.Cl. The third-order valence-corrected chi connectivity index (χ3v) is 2.66. The monoisotopic (exact) mass is 178 g/mol. The first-order chi connectivity index (χ1) is 4.86. The van der Waals surface area contributed by atoms with Gasteiger partial charge in [0.1, 0.15) is 0 Å². The summed E-state index contributed by atoms with van der Waals surface area (Å²) >= 11 is 0. The van der Waals surface area contributed by atoms with Crippen LogP contribution in [0.4, 0.5) is 0 Å². The topological polar surface area (TPSA) is 38.0 Å². The first-order valence-electron chi connectivity index (χ1n) is 4.33. The van der Waals surface area contributed by atoms with Crippen LogP contribution in [0.3, 0.4) is 0 Å². The van der Waals surface area contributed by atoms with Gasteiger partial charge in [0.2, 0.25) is 0 Å². The molecule has 0 aromatic carbocycles. The van der Waals surface area contributed by atoms with Crippen LogP contribution < -0.4 is 11.3 Å². The molecule has 3 heteroatoms.